The van der Waals surface area contributed by atoms with Crippen molar-refractivity contribution in [2.75, 3.05) is 18.8 Å². The number of sulfone groups is 1. The third-order valence-electron chi connectivity index (χ3n) is 2.79. The lowest BCUT2D eigenvalue weighted by Gasteiger charge is -2.22. The van der Waals surface area contributed by atoms with Crippen molar-refractivity contribution in [1.29, 1.82) is 0 Å². The number of hydrogen-bond donors (Lipinski definition) is 1. The van der Waals surface area contributed by atoms with E-state index in [1.807, 2.05) is 0 Å². The molecule has 4 nitrogen and oxygen atoms in total. The van der Waals surface area contributed by atoms with Crippen molar-refractivity contribution in [2.24, 2.45) is 5.92 Å². The molecule has 1 aromatic heterocycles. The second kappa shape index (κ2) is 6.68. The molecule has 0 radical (unpaired) electrons. The molecule has 0 bridgehead atoms. The minimum atomic E-state index is -2.96. The van der Waals surface area contributed by atoms with Gasteiger partial charge in [0.05, 0.1) is 17.0 Å². The van der Waals surface area contributed by atoms with Gasteiger partial charge in [-0.3, -0.25) is 4.98 Å². The van der Waals surface area contributed by atoms with Crippen LogP contribution in [-0.2, 0) is 15.6 Å². The van der Waals surface area contributed by atoms with E-state index in [4.69, 9.17) is 0 Å². The van der Waals surface area contributed by atoms with Crippen molar-refractivity contribution in [1.82, 2.24) is 10.3 Å². The number of rotatable bonds is 4. The number of nitrogens with zero attached hydrogens (tertiary/aromatic N) is 1. The first-order chi connectivity index (χ1) is 7.66. The van der Waals surface area contributed by atoms with E-state index in [-0.39, 0.29) is 18.2 Å². The van der Waals surface area contributed by atoms with Gasteiger partial charge in [0.25, 0.3) is 0 Å². The first-order valence-corrected chi connectivity index (χ1v) is 8.14. The molecule has 17 heavy (non-hydrogen) atoms. The van der Waals surface area contributed by atoms with Crippen LogP contribution >= 0.6 is 23.7 Å². The molecule has 1 fully saturated rings. The fourth-order valence-electron chi connectivity index (χ4n) is 2.00. The van der Waals surface area contributed by atoms with E-state index in [1.54, 1.807) is 11.7 Å². The quantitative estimate of drug-likeness (QED) is 0.914. The normalized spacial score (nSPS) is 17.6. The van der Waals surface area contributed by atoms with Crippen molar-refractivity contribution in [3.8, 4) is 0 Å². The first-order valence-electron chi connectivity index (χ1n) is 5.44. The van der Waals surface area contributed by atoms with E-state index in [0.29, 0.717) is 11.7 Å². The summed E-state index contributed by atoms with van der Waals surface area (Å²) in [7, 11) is -2.96. The van der Waals surface area contributed by atoms with Crippen LogP contribution in [-0.4, -0.2) is 32.2 Å². The topological polar surface area (TPSA) is 59.1 Å². The Hall–Kier alpha value is -0.170. The molecule has 0 saturated carbocycles. The smallest absolute Gasteiger partial charge is 0.155 e. The van der Waals surface area contributed by atoms with Gasteiger partial charge >= 0.3 is 0 Å². The van der Waals surface area contributed by atoms with Crippen molar-refractivity contribution < 1.29 is 8.42 Å². The Labute approximate surface area is 112 Å². The van der Waals surface area contributed by atoms with Gasteiger partial charge in [-0.2, -0.15) is 0 Å². The third kappa shape index (κ3) is 4.91. The fourth-order valence-corrected chi connectivity index (χ4v) is 4.86. The Balaban J connectivity index is 0.00000144. The molecular weight excluding hydrogens is 280 g/mol. The van der Waals surface area contributed by atoms with E-state index >= 15 is 0 Å². The van der Waals surface area contributed by atoms with E-state index in [2.05, 4.69) is 10.3 Å². The highest BCUT2D eigenvalue weighted by Crippen LogP contribution is 2.18. The maximum atomic E-state index is 11.9. The average Bonchev–Trinajstić information content (AvgIpc) is 2.70. The maximum Gasteiger partial charge on any atom is 0.155 e. The van der Waals surface area contributed by atoms with Crippen LogP contribution in [0.4, 0.5) is 0 Å². The molecule has 2 rings (SSSR count). The van der Waals surface area contributed by atoms with Gasteiger partial charge in [-0.15, -0.1) is 23.7 Å². The summed E-state index contributed by atoms with van der Waals surface area (Å²) in [4.78, 5) is 4.74. The molecule has 1 aliphatic heterocycles. The summed E-state index contributed by atoms with van der Waals surface area (Å²) in [6.07, 6.45) is 3.59. The Morgan fingerprint density at radius 2 is 2.12 bits per heavy atom. The highest BCUT2D eigenvalue weighted by Gasteiger charge is 2.21. The summed E-state index contributed by atoms with van der Waals surface area (Å²) in [5.41, 5.74) is 1.68. The summed E-state index contributed by atoms with van der Waals surface area (Å²) in [6, 6.07) is 0. The molecule has 0 amide bonds. The van der Waals surface area contributed by atoms with Crippen LogP contribution in [0.2, 0.25) is 0 Å². The van der Waals surface area contributed by atoms with Crippen LogP contribution in [0.5, 0.6) is 0 Å². The Kier molecular flexibility index (Phi) is 5.85. The predicted octanol–water partition coefficient (Wildman–Crippen LogP) is 1.48. The van der Waals surface area contributed by atoms with Crippen molar-refractivity contribution in [3.05, 3.63) is 16.6 Å². The number of piperidine rings is 1. The Morgan fingerprint density at radius 1 is 1.41 bits per heavy atom. The summed E-state index contributed by atoms with van der Waals surface area (Å²) >= 11 is 1.41. The molecule has 0 unspecified atom stereocenters. The maximum absolute atomic E-state index is 11.9. The summed E-state index contributed by atoms with van der Waals surface area (Å²) < 4.78 is 23.8. The van der Waals surface area contributed by atoms with Crippen LogP contribution < -0.4 is 5.32 Å². The average molecular weight is 297 g/mol. The van der Waals surface area contributed by atoms with Gasteiger partial charge < -0.3 is 5.32 Å². The first kappa shape index (κ1) is 14.9. The Morgan fingerprint density at radius 3 is 2.71 bits per heavy atom. The predicted molar refractivity (Wildman–Crippen MR) is 72.4 cm³/mol. The zero-order chi connectivity index (χ0) is 11.4. The van der Waals surface area contributed by atoms with Crippen molar-refractivity contribution in [3.63, 3.8) is 0 Å². The molecule has 1 N–H and O–H groups in total. The van der Waals surface area contributed by atoms with Gasteiger partial charge in [-0.25, -0.2) is 8.42 Å². The van der Waals surface area contributed by atoms with Crippen LogP contribution in [0.1, 0.15) is 17.7 Å². The molecule has 1 aliphatic rings. The van der Waals surface area contributed by atoms with E-state index in [1.165, 1.54) is 11.3 Å². The monoisotopic (exact) mass is 296 g/mol. The molecule has 0 atom stereocenters. The lowest BCUT2D eigenvalue weighted by atomic mass is 10.0. The zero-order valence-corrected chi connectivity index (χ0v) is 11.9. The molecule has 0 spiro atoms. The van der Waals surface area contributed by atoms with Crippen LogP contribution in [0.15, 0.2) is 11.7 Å². The minimum absolute atomic E-state index is 0. The van der Waals surface area contributed by atoms with E-state index in [0.717, 1.165) is 30.8 Å². The highest BCUT2D eigenvalue weighted by atomic mass is 35.5. The fraction of sp³-hybridized carbons (Fsp3) is 0.700. The molecule has 98 valence electrons. The Bertz CT molecular complexity index is 414. The van der Waals surface area contributed by atoms with Crippen LogP contribution in [0, 0.1) is 5.92 Å². The molecule has 1 aromatic rings. The number of halogens is 1. The molecule has 0 aromatic carbocycles. The number of thiazole rings is 1. The standard InChI is InChI=1S/C10H16N2O2S2.ClH/c13-16(14,7-10-5-12-8-15-10)6-9-1-3-11-4-2-9;/h5,8-9,11H,1-4,6-7H2;1H. The van der Waals surface area contributed by atoms with E-state index < -0.39 is 9.84 Å². The molecule has 2 heterocycles. The van der Waals surface area contributed by atoms with Gasteiger partial charge in [0.15, 0.2) is 9.84 Å². The molecule has 7 heteroatoms. The van der Waals surface area contributed by atoms with Gasteiger partial charge in [-0.1, -0.05) is 0 Å². The molecular formula is C10H17ClN2O2S2. The third-order valence-corrected chi connectivity index (χ3v) is 5.49. The van der Waals surface area contributed by atoms with Gasteiger partial charge in [0.1, 0.15) is 0 Å². The minimum Gasteiger partial charge on any atom is -0.317 e. The number of nitrogens with one attached hydrogen (secondary N) is 1. The number of aromatic nitrogens is 1. The lowest BCUT2D eigenvalue weighted by molar-refractivity contribution is 0.401. The molecule has 0 aliphatic carbocycles. The SMILES string of the molecule is Cl.O=S(=O)(Cc1cncs1)CC1CCNCC1. The van der Waals surface area contributed by atoms with Crippen molar-refractivity contribution >= 4 is 33.6 Å². The number of hydrogen-bond acceptors (Lipinski definition) is 5. The summed E-state index contributed by atoms with van der Waals surface area (Å²) in [5.74, 6) is 0.813. The zero-order valence-electron chi connectivity index (χ0n) is 9.46. The summed E-state index contributed by atoms with van der Waals surface area (Å²) in [5, 5.41) is 3.24. The van der Waals surface area contributed by atoms with Gasteiger partial charge in [0.2, 0.25) is 0 Å². The second-order valence-electron chi connectivity index (χ2n) is 4.22. The van der Waals surface area contributed by atoms with Crippen LogP contribution in [0.3, 0.4) is 0 Å². The van der Waals surface area contributed by atoms with Gasteiger partial charge in [0, 0.05) is 11.1 Å². The largest absolute Gasteiger partial charge is 0.317 e. The van der Waals surface area contributed by atoms with E-state index in [9.17, 15) is 8.42 Å². The lowest BCUT2D eigenvalue weighted by Crippen LogP contribution is -2.31. The van der Waals surface area contributed by atoms with Gasteiger partial charge in [-0.05, 0) is 31.8 Å². The van der Waals surface area contributed by atoms with Crippen LogP contribution in [0.25, 0.3) is 0 Å². The summed E-state index contributed by atoms with van der Waals surface area (Å²) in [6.45, 7) is 1.89. The highest BCUT2D eigenvalue weighted by molar-refractivity contribution is 7.90. The second-order valence-corrected chi connectivity index (χ2v) is 7.30. The van der Waals surface area contributed by atoms with Crippen molar-refractivity contribution in [2.45, 2.75) is 18.6 Å². The molecule has 1 saturated heterocycles.